The van der Waals surface area contributed by atoms with E-state index in [-0.39, 0.29) is 5.78 Å². The van der Waals surface area contributed by atoms with Crippen molar-refractivity contribution in [1.29, 1.82) is 0 Å². The number of carbonyl (C=O) groups excluding carboxylic acids is 1. The van der Waals surface area contributed by atoms with Crippen molar-refractivity contribution in [3.63, 3.8) is 0 Å². The first-order valence-corrected chi connectivity index (χ1v) is 7.98. The van der Waals surface area contributed by atoms with Gasteiger partial charge in [-0.2, -0.15) is 0 Å². The van der Waals surface area contributed by atoms with E-state index in [0.29, 0.717) is 12.6 Å². The molecule has 1 aromatic heterocycles. The lowest BCUT2D eigenvalue weighted by Crippen LogP contribution is -2.39. The Morgan fingerprint density at radius 1 is 1.56 bits per heavy atom. The Labute approximate surface area is 120 Å². The Morgan fingerprint density at radius 2 is 2.28 bits per heavy atom. The van der Waals surface area contributed by atoms with Crippen molar-refractivity contribution < 1.29 is 9.53 Å². The molecule has 1 aromatic rings. The quantitative estimate of drug-likeness (QED) is 0.776. The van der Waals surface area contributed by atoms with Crippen molar-refractivity contribution in [2.24, 2.45) is 0 Å². The van der Waals surface area contributed by atoms with Crippen LogP contribution >= 0.6 is 27.3 Å². The van der Waals surface area contributed by atoms with E-state index in [9.17, 15) is 4.79 Å². The van der Waals surface area contributed by atoms with Gasteiger partial charge in [-0.05, 0) is 47.1 Å². The van der Waals surface area contributed by atoms with E-state index in [1.807, 2.05) is 18.4 Å². The lowest BCUT2D eigenvalue weighted by atomic mass is 10.1. The fraction of sp³-hybridized carbons (Fsp3) is 0.615. The Balaban J connectivity index is 1.81. The molecule has 18 heavy (non-hydrogen) atoms. The molecule has 2 rings (SSSR count). The summed E-state index contributed by atoms with van der Waals surface area (Å²) >= 11 is 4.92. The molecule has 0 N–H and O–H groups in total. The summed E-state index contributed by atoms with van der Waals surface area (Å²) in [5, 5.41) is 1.94. The Morgan fingerprint density at radius 3 is 2.83 bits per heavy atom. The van der Waals surface area contributed by atoms with Crippen LogP contribution in [0, 0.1) is 0 Å². The van der Waals surface area contributed by atoms with Crippen molar-refractivity contribution in [3.05, 3.63) is 20.8 Å². The van der Waals surface area contributed by atoms with Crippen LogP contribution in [0.3, 0.4) is 0 Å². The molecule has 1 aliphatic rings. The van der Waals surface area contributed by atoms with E-state index in [4.69, 9.17) is 4.74 Å². The number of rotatable bonds is 5. The molecule has 2 heterocycles. The second-order valence-electron chi connectivity index (χ2n) is 4.45. The molecule has 100 valence electrons. The molecule has 0 spiro atoms. The molecule has 5 heteroatoms. The van der Waals surface area contributed by atoms with Gasteiger partial charge in [-0.3, -0.25) is 9.69 Å². The Hall–Kier alpha value is -0.230. The summed E-state index contributed by atoms with van der Waals surface area (Å²) in [7, 11) is 0. The second kappa shape index (κ2) is 6.80. The highest BCUT2D eigenvalue weighted by Gasteiger charge is 2.22. The summed E-state index contributed by atoms with van der Waals surface area (Å²) in [4.78, 5) is 15.2. The highest BCUT2D eigenvalue weighted by molar-refractivity contribution is 9.10. The highest BCUT2D eigenvalue weighted by Crippen LogP contribution is 2.24. The topological polar surface area (TPSA) is 29.5 Å². The molecule has 0 atom stereocenters. The third-order valence-electron chi connectivity index (χ3n) is 3.17. The van der Waals surface area contributed by atoms with Crippen molar-refractivity contribution in [1.82, 2.24) is 4.90 Å². The summed E-state index contributed by atoms with van der Waals surface area (Å²) in [6.07, 6.45) is 2.45. The minimum atomic E-state index is 0.215. The summed E-state index contributed by atoms with van der Waals surface area (Å²) in [6.45, 7) is 5.26. The molecule has 1 saturated heterocycles. The SMILES string of the molecule is CCOC1CCN(CC(=O)c2sccc2Br)CC1. The zero-order valence-corrected chi connectivity index (χ0v) is 12.9. The number of hydrogen-bond donors (Lipinski definition) is 0. The van der Waals surface area contributed by atoms with Crippen LogP contribution in [0.4, 0.5) is 0 Å². The Kier molecular flexibility index (Phi) is 5.36. The van der Waals surface area contributed by atoms with Gasteiger partial charge in [-0.15, -0.1) is 11.3 Å². The first kappa shape index (κ1) is 14.2. The molecule has 0 amide bonds. The molecule has 0 saturated carbocycles. The number of likely N-dealkylation sites (tertiary alicyclic amines) is 1. The molecule has 1 fully saturated rings. The minimum absolute atomic E-state index is 0.215. The lowest BCUT2D eigenvalue weighted by molar-refractivity contribution is 0.0148. The van der Waals surface area contributed by atoms with Crippen molar-refractivity contribution >= 4 is 33.0 Å². The van der Waals surface area contributed by atoms with Crippen LogP contribution in [-0.4, -0.2) is 43.0 Å². The molecular formula is C13H18BrNO2S. The molecular weight excluding hydrogens is 314 g/mol. The maximum Gasteiger partial charge on any atom is 0.187 e. The fourth-order valence-corrected chi connectivity index (χ4v) is 3.76. The van der Waals surface area contributed by atoms with E-state index in [0.717, 1.165) is 41.9 Å². The van der Waals surface area contributed by atoms with Gasteiger partial charge < -0.3 is 4.74 Å². The van der Waals surface area contributed by atoms with Gasteiger partial charge >= 0.3 is 0 Å². The fourth-order valence-electron chi connectivity index (χ4n) is 2.24. The van der Waals surface area contributed by atoms with E-state index in [1.165, 1.54) is 11.3 Å². The predicted molar refractivity (Wildman–Crippen MR) is 77.4 cm³/mol. The second-order valence-corrected chi connectivity index (χ2v) is 6.22. The lowest BCUT2D eigenvalue weighted by Gasteiger charge is -2.31. The standard InChI is InChI=1S/C13H18BrNO2S/c1-2-17-10-3-6-15(7-4-10)9-12(16)13-11(14)5-8-18-13/h5,8,10H,2-4,6-7,9H2,1H3. The molecule has 0 aliphatic carbocycles. The van der Waals surface area contributed by atoms with E-state index < -0.39 is 0 Å². The molecule has 1 aliphatic heterocycles. The monoisotopic (exact) mass is 331 g/mol. The molecule has 0 aromatic carbocycles. The third kappa shape index (κ3) is 3.63. The van der Waals surface area contributed by atoms with Crippen molar-refractivity contribution in [2.45, 2.75) is 25.9 Å². The first-order valence-electron chi connectivity index (χ1n) is 6.31. The van der Waals surface area contributed by atoms with Gasteiger partial charge in [0.25, 0.3) is 0 Å². The van der Waals surface area contributed by atoms with Crippen LogP contribution in [0.15, 0.2) is 15.9 Å². The van der Waals surface area contributed by atoms with Crippen molar-refractivity contribution in [3.8, 4) is 0 Å². The van der Waals surface area contributed by atoms with Crippen LogP contribution in [0.2, 0.25) is 0 Å². The average Bonchev–Trinajstić information content (AvgIpc) is 2.78. The average molecular weight is 332 g/mol. The summed E-state index contributed by atoms with van der Waals surface area (Å²) in [6, 6.07) is 1.93. The van der Waals surface area contributed by atoms with Gasteiger partial charge in [0.05, 0.1) is 17.5 Å². The van der Waals surface area contributed by atoms with Crippen LogP contribution in [-0.2, 0) is 4.74 Å². The van der Waals surface area contributed by atoms with Crippen LogP contribution in [0.5, 0.6) is 0 Å². The smallest absolute Gasteiger partial charge is 0.187 e. The highest BCUT2D eigenvalue weighted by atomic mass is 79.9. The van der Waals surface area contributed by atoms with Crippen LogP contribution < -0.4 is 0 Å². The molecule has 0 radical (unpaired) electrons. The number of Topliss-reactive ketones (excluding diaryl/α,β-unsaturated/α-hetero) is 1. The van der Waals surface area contributed by atoms with Gasteiger partial charge in [-0.1, -0.05) is 0 Å². The summed E-state index contributed by atoms with van der Waals surface area (Å²) < 4.78 is 6.53. The van der Waals surface area contributed by atoms with Gasteiger partial charge in [0.2, 0.25) is 0 Å². The molecule has 0 unspecified atom stereocenters. The predicted octanol–water partition coefficient (Wildman–Crippen LogP) is 3.19. The van der Waals surface area contributed by atoms with E-state index in [1.54, 1.807) is 0 Å². The molecule has 3 nitrogen and oxygen atoms in total. The van der Waals surface area contributed by atoms with Gasteiger partial charge in [0.1, 0.15) is 0 Å². The van der Waals surface area contributed by atoms with Crippen molar-refractivity contribution in [2.75, 3.05) is 26.2 Å². The Bertz CT molecular complexity index is 399. The molecule has 0 bridgehead atoms. The number of carbonyl (C=O) groups is 1. The van der Waals surface area contributed by atoms with E-state index >= 15 is 0 Å². The normalized spacial score (nSPS) is 18.1. The summed E-state index contributed by atoms with van der Waals surface area (Å²) in [5.41, 5.74) is 0. The zero-order chi connectivity index (χ0) is 13.0. The minimum Gasteiger partial charge on any atom is -0.378 e. The maximum atomic E-state index is 12.1. The largest absolute Gasteiger partial charge is 0.378 e. The van der Waals surface area contributed by atoms with Gasteiger partial charge in [0.15, 0.2) is 5.78 Å². The third-order valence-corrected chi connectivity index (χ3v) is 5.05. The first-order chi connectivity index (χ1) is 8.70. The number of ketones is 1. The van der Waals surface area contributed by atoms with Gasteiger partial charge in [0, 0.05) is 24.2 Å². The number of thiophene rings is 1. The van der Waals surface area contributed by atoms with E-state index in [2.05, 4.69) is 20.8 Å². The van der Waals surface area contributed by atoms with Crippen LogP contribution in [0.1, 0.15) is 29.4 Å². The number of ether oxygens (including phenoxy) is 1. The van der Waals surface area contributed by atoms with Crippen LogP contribution in [0.25, 0.3) is 0 Å². The zero-order valence-electron chi connectivity index (χ0n) is 10.5. The van der Waals surface area contributed by atoms with Gasteiger partial charge in [-0.25, -0.2) is 0 Å². The number of nitrogens with zero attached hydrogens (tertiary/aromatic N) is 1. The number of hydrogen-bond acceptors (Lipinski definition) is 4. The maximum absolute atomic E-state index is 12.1. The summed E-state index contributed by atoms with van der Waals surface area (Å²) in [5.74, 6) is 0.215. The number of piperidine rings is 1. The number of halogens is 1.